The van der Waals surface area contributed by atoms with Crippen LogP contribution >= 0.6 is 0 Å². The molecule has 0 bridgehead atoms. The smallest absolute Gasteiger partial charge is 0.147 e. The van der Waals surface area contributed by atoms with Gasteiger partial charge in [-0.15, -0.1) is 0 Å². The van der Waals surface area contributed by atoms with E-state index in [1.165, 1.54) is 0 Å². The van der Waals surface area contributed by atoms with E-state index in [-0.39, 0.29) is 0 Å². The second-order valence-electron chi connectivity index (χ2n) is 5.27. The molecule has 0 aliphatic rings. The van der Waals surface area contributed by atoms with Crippen molar-refractivity contribution < 1.29 is 8.83 Å². The molecule has 3 heteroatoms. The first-order chi connectivity index (χ1) is 10.3. The minimum Gasteiger partial charge on any atom is -0.456 e. The molecule has 21 heavy (non-hydrogen) atoms. The van der Waals surface area contributed by atoms with Crippen molar-refractivity contribution in [3.8, 4) is 0 Å². The molecule has 0 fully saturated rings. The Morgan fingerprint density at radius 1 is 0.667 bits per heavy atom. The minimum atomic E-state index is 0.738. The molecule has 2 aromatic heterocycles. The van der Waals surface area contributed by atoms with Crippen LogP contribution in [0.25, 0.3) is 43.9 Å². The molecule has 2 nitrogen and oxygen atoms in total. The third kappa shape index (κ3) is 1.38. The molecule has 2 heterocycles. The Balaban J connectivity index is 2.10. The fourth-order valence-electron chi connectivity index (χ4n) is 3.06. The molecule has 96 valence electrons. The van der Waals surface area contributed by atoms with Gasteiger partial charge in [-0.25, -0.2) is 0 Å². The summed E-state index contributed by atoms with van der Waals surface area (Å²) in [6.45, 7) is 0. The van der Waals surface area contributed by atoms with Gasteiger partial charge < -0.3 is 8.83 Å². The average Bonchev–Trinajstić information content (AvgIpc) is 3.04. The lowest BCUT2D eigenvalue weighted by molar-refractivity contribution is 0.663. The minimum absolute atomic E-state index is 0.738. The second kappa shape index (κ2) is 3.70. The third-order valence-corrected chi connectivity index (χ3v) is 4.00. The van der Waals surface area contributed by atoms with Crippen molar-refractivity contribution in [3.05, 3.63) is 54.6 Å². The van der Waals surface area contributed by atoms with Crippen LogP contribution in [0, 0.1) is 0 Å². The zero-order chi connectivity index (χ0) is 14.0. The molecule has 5 aromatic rings. The van der Waals surface area contributed by atoms with Gasteiger partial charge in [-0.3, -0.25) is 0 Å². The Morgan fingerprint density at radius 3 is 2.43 bits per heavy atom. The molecule has 0 amide bonds. The summed E-state index contributed by atoms with van der Waals surface area (Å²) in [6.07, 6.45) is 0. The second-order valence-corrected chi connectivity index (χ2v) is 5.27. The van der Waals surface area contributed by atoms with Crippen LogP contribution in [0.1, 0.15) is 0 Å². The predicted molar refractivity (Wildman–Crippen MR) is 86.4 cm³/mol. The molecule has 5 rings (SSSR count). The van der Waals surface area contributed by atoms with Gasteiger partial charge in [-0.1, -0.05) is 35.8 Å². The number of rotatable bonds is 0. The Hall–Kier alpha value is -2.68. The van der Waals surface area contributed by atoms with Gasteiger partial charge in [0.05, 0.1) is 5.39 Å². The van der Waals surface area contributed by atoms with Crippen molar-refractivity contribution in [1.29, 1.82) is 0 Å². The van der Waals surface area contributed by atoms with Gasteiger partial charge in [-0.2, -0.15) is 0 Å². The van der Waals surface area contributed by atoms with Gasteiger partial charge in [0.25, 0.3) is 0 Å². The van der Waals surface area contributed by atoms with Crippen molar-refractivity contribution in [3.63, 3.8) is 0 Å². The molecule has 0 aliphatic heterocycles. The van der Waals surface area contributed by atoms with Crippen LogP contribution < -0.4 is 5.46 Å². The molecular weight excluding hydrogens is 259 g/mol. The summed E-state index contributed by atoms with van der Waals surface area (Å²) in [4.78, 5) is 0. The molecule has 0 spiro atoms. The maximum absolute atomic E-state index is 6.07. The van der Waals surface area contributed by atoms with Crippen molar-refractivity contribution in [1.82, 2.24) is 0 Å². The normalized spacial score (nSPS) is 12.0. The fourth-order valence-corrected chi connectivity index (χ4v) is 3.06. The van der Waals surface area contributed by atoms with E-state index in [0.717, 1.165) is 49.3 Å². The summed E-state index contributed by atoms with van der Waals surface area (Å²) in [5.41, 5.74) is 4.16. The molecule has 2 radical (unpaired) electrons. The van der Waals surface area contributed by atoms with E-state index in [9.17, 15) is 0 Å². The Labute approximate surface area is 121 Å². The lowest BCUT2D eigenvalue weighted by Crippen LogP contribution is -1.98. The van der Waals surface area contributed by atoms with Crippen LogP contribution in [0.4, 0.5) is 0 Å². The topological polar surface area (TPSA) is 26.3 Å². The molecule has 0 saturated carbocycles. The van der Waals surface area contributed by atoms with Gasteiger partial charge in [0.2, 0.25) is 0 Å². The predicted octanol–water partition coefficient (Wildman–Crippen LogP) is 4.28. The van der Waals surface area contributed by atoms with Crippen LogP contribution in [0.2, 0.25) is 0 Å². The highest BCUT2D eigenvalue weighted by molar-refractivity contribution is 6.34. The maximum Gasteiger partial charge on any atom is 0.147 e. The van der Waals surface area contributed by atoms with Crippen molar-refractivity contribution in [2.24, 2.45) is 0 Å². The Kier molecular flexibility index (Phi) is 1.94. The zero-order valence-corrected chi connectivity index (χ0v) is 11.1. The van der Waals surface area contributed by atoms with Gasteiger partial charge >= 0.3 is 0 Å². The number of fused-ring (bicyclic) bond motifs is 7. The van der Waals surface area contributed by atoms with E-state index in [0.29, 0.717) is 0 Å². The van der Waals surface area contributed by atoms with Crippen LogP contribution in [-0.2, 0) is 0 Å². The highest BCUT2D eigenvalue weighted by atomic mass is 16.3. The molecule has 3 aromatic carbocycles. The summed E-state index contributed by atoms with van der Waals surface area (Å²) < 4.78 is 12.0. The molecule has 0 saturated heterocycles. The van der Waals surface area contributed by atoms with Crippen molar-refractivity contribution in [2.75, 3.05) is 0 Å². The molecule has 0 aliphatic carbocycles. The lowest BCUT2D eigenvalue weighted by atomic mass is 9.94. The van der Waals surface area contributed by atoms with Crippen LogP contribution in [-0.4, -0.2) is 7.85 Å². The largest absolute Gasteiger partial charge is 0.456 e. The first kappa shape index (κ1) is 11.0. The number of furan rings is 2. The van der Waals surface area contributed by atoms with Gasteiger partial charge in [0.15, 0.2) is 0 Å². The van der Waals surface area contributed by atoms with Crippen LogP contribution in [0.15, 0.2) is 63.4 Å². The Morgan fingerprint density at radius 2 is 1.48 bits per heavy atom. The lowest BCUT2D eigenvalue weighted by Gasteiger charge is -1.92. The summed E-state index contributed by atoms with van der Waals surface area (Å²) in [6, 6.07) is 17.8. The van der Waals surface area contributed by atoms with Crippen LogP contribution in [0.5, 0.6) is 0 Å². The molecule has 0 unspecified atom stereocenters. The molecular formula is C18H9BO2. The fraction of sp³-hybridized carbons (Fsp3) is 0. The molecule has 0 N–H and O–H groups in total. The standard InChI is InChI=1S/C18H9BO2/c19-10-5-7-15-13(9-10)11-6-8-16-17(18(11)21-15)12-3-1-2-4-14(12)20-16/h1-9H. The van der Waals surface area contributed by atoms with E-state index in [2.05, 4.69) is 6.07 Å². The van der Waals surface area contributed by atoms with Crippen LogP contribution in [0.3, 0.4) is 0 Å². The van der Waals surface area contributed by atoms with E-state index >= 15 is 0 Å². The summed E-state index contributed by atoms with van der Waals surface area (Å²) in [7, 11) is 5.90. The van der Waals surface area contributed by atoms with Crippen molar-refractivity contribution >= 4 is 57.2 Å². The summed E-state index contributed by atoms with van der Waals surface area (Å²) >= 11 is 0. The summed E-state index contributed by atoms with van der Waals surface area (Å²) in [5, 5.41) is 4.21. The Bertz CT molecular complexity index is 1150. The highest BCUT2D eigenvalue weighted by Crippen LogP contribution is 2.38. The van der Waals surface area contributed by atoms with Gasteiger partial charge in [-0.05, 0) is 24.3 Å². The van der Waals surface area contributed by atoms with E-state index < -0.39 is 0 Å². The quantitative estimate of drug-likeness (QED) is 0.392. The van der Waals surface area contributed by atoms with E-state index in [1.54, 1.807) is 0 Å². The number of hydrogen-bond donors (Lipinski definition) is 0. The zero-order valence-electron chi connectivity index (χ0n) is 11.1. The van der Waals surface area contributed by atoms with E-state index in [1.807, 2.05) is 48.5 Å². The first-order valence-corrected chi connectivity index (χ1v) is 6.83. The van der Waals surface area contributed by atoms with Gasteiger partial charge in [0.1, 0.15) is 30.2 Å². The highest BCUT2D eigenvalue weighted by Gasteiger charge is 2.15. The number of para-hydroxylation sites is 1. The maximum atomic E-state index is 6.07. The monoisotopic (exact) mass is 268 g/mol. The SMILES string of the molecule is [B]c1ccc2oc3c(ccc4oc5ccccc5c43)c2c1. The van der Waals surface area contributed by atoms with Gasteiger partial charge in [0, 0.05) is 16.2 Å². The molecule has 0 atom stereocenters. The third-order valence-electron chi connectivity index (χ3n) is 4.00. The average molecular weight is 268 g/mol. The van der Waals surface area contributed by atoms with E-state index in [4.69, 9.17) is 16.7 Å². The number of benzene rings is 3. The summed E-state index contributed by atoms with van der Waals surface area (Å²) in [5.74, 6) is 0. The number of hydrogen-bond acceptors (Lipinski definition) is 2. The van der Waals surface area contributed by atoms with Crippen molar-refractivity contribution in [2.45, 2.75) is 0 Å². The first-order valence-electron chi connectivity index (χ1n) is 6.83.